The molecule has 1 aromatic heterocycles. The predicted octanol–water partition coefficient (Wildman–Crippen LogP) is 0.576. The lowest BCUT2D eigenvalue weighted by Crippen LogP contribution is -2.31. The smallest absolute Gasteiger partial charge is 0.261 e. The Hall–Kier alpha value is -1.58. The first kappa shape index (κ1) is 8.99. The third-order valence-electron chi connectivity index (χ3n) is 2.31. The van der Waals surface area contributed by atoms with Crippen molar-refractivity contribution in [3.05, 3.63) is 33.7 Å². The van der Waals surface area contributed by atoms with Gasteiger partial charge in [-0.05, 0) is 31.4 Å². The Morgan fingerprint density at radius 1 is 1.57 bits per heavy atom. The lowest BCUT2D eigenvalue weighted by atomic mass is 10.1. The molecule has 14 heavy (non-hydrogen) atoms. The maximum Gasteiger partial charge on any atom is 0.261 e. The molecule has 1 amide bonds. The number of hydrogen-bond donors (Lipinski definition) is 2. The second kappa shape index (κ2) is 3.29. The van der Waals surface area contributed by atoms with Gasteiger partial charge in [-0.3, -0.25) is 9.59 Å². The van der Waals surface area contributed by atoms with Crippen molar-refractivity contribution in [1.29, 1.82) is 0 Å². The SMILES string of the molecule is Cc1cc[nH]c(=O)c1C(=O)NC1CC1. The van der Waals surface area contributed by atoms with Crippen molar-refractivity contribution in [2.45, 2.75) is 25.8 Å². The average Bonchev–Trinajstić information content (AvgIpc) is 2.87. The minimum Gasteiger partial charge on any atom is -0.349 e. The molecule has 1 saturated carbocycles. The summed E-state index contributed by atoms with van der Waals surface area (Å²) in [6.45, 7) is 1.76. The van der Waals surface area contributed by atoms with Crippen molar-refractivity contribution >= 4 is 5.91 Å². The van der Waals surface area contributed by atoms with Crippen LogP contribution >= 0.6 is 0 Å². The summed E-state index contributed by atoms with van der Waals surface area (Å²) in [5, 5.41) is 2.79. The predicted molar refractivity (Wildman–Crippen MR) is 52.3 cm³/mol. The highest BCUT2D eigenvalue weighted by Gasteiger charge is 2.25. The van der Waals surface area contributed by atoms with Crippen molar-refractivity contribution in [3.63, 3.8) is 0 Å². The minimum atomic E-state index is -0.317. The van der Waals surface area contributed by atoms with E-state index in [1.165, 1.54) is 0 Å². The van der Waals surface area contributed by atoms with E-state index >= 15 is 0 Å². The average molecular weight is 192 g/mol. The van der Waals surface area contributed by atoms with Crippen LogP contribution < -0.4 is 10.9 Å². The Morgan fingerprint density at radius 3 is 2.86 bits per heavy atom. The highest BCUT2D eigenvalue weighted by Crippen LogP contribution is 2.19. The Kier molecular flexibility index (Phi) is 2.11. The van der Waals surface area contributed by atoms with E-state index in [1.54, 1.807) is 19.2 Å². The number of carbonyl (C=O) groups excluding carboxylic acids is 1. The van der Waals surface area contributed by atoms with Crippen LogP contribution in [0.4, 0.5) is 0 Å². The van der Waals surface area contributed by atoms with Gasteiger partial charge in [-0.2, -0.15) is 0 Å². The summed E-state index contributed by atoms with van der Waals surface area (Å²) >= 11 is 0. The first-order chi connectivity index (χ1) is 6.68. The molecule has 1 heterocycles. The van der Waals surface area contributed by atoms with Crippen molar-refractivity contribution < 1.29 is 4.79 Å². The van der Waals surface area contributed by atoms with Crippen LogP contribution in [0.1, 0.15) is 28.8 Å². The maximum atomic E-state index is 11.6. The van der Waals surface area contributed by atoms with Gasteiger partial charge >= 0.3 is 0 Å². The minimum absolute atomic E-state index is 0.236. The van der Waals surface area contributed by atoms with Gasteiger partial charge in [-0.25, -0.2) is 0 Å². The van der Waals surface area contributed by atoms with Crippen LogP contribution in [0.25, 0.3) is 0 Å². The van der Waals surface area contributed by atoms with Crippen LogP contribution in [0.3, 0.4) is 0 Å². The van der Waals surface area contributed by atoms with E-state index in [0.717, 1.165) is 12.8 Å². The van der Waals surface area contributed by atoms with Crippen LogP contribution in [-0.4, -0.2) is 16.9 Å². The van der Waals surface area contributed by atoms with E-state index in [-0.39, 0.29) is 23.1 Å². The largest absolute Gasteiger partial charge is 0.349 e. The summed E-state index contributed by atoms with van der Waals surface area (Å²) < 4.78 is 0. The summed E-state index contributed by atoms with van der Waals surface area (Å²) in [5.41, 5.74) is 0.634. The van der Waals surface area contributed by atoms with Gasteiger partial charge in [-0.1, -0.05) is 0 Å². The second-order valence-electron chi connectivity index (χ2n) is 3.61. The topological polar surface area (TPSA) is 62.0 Å². The summed E-state index contributed by atoms with van der Waals surface area (Å²) in [6.07, 6.45) is 3.59. The van der Waals surface area contributed by atoms with E-state index in [0.29, 0.717) is 5.56 Å². The Bertz CT molecular complexity index is 418. The molecule has 0 bridgehead atoms. The zero-order valence-corrected chi connectivity index (χ0v) is 7.96. The highest BCUT2D eigenvalue weighted by atomic mass is 16.2. The van der Waals surface area contributed by atoms with E-state index in [1.807, 2.05) is 0 Å². The standard InChI is InChI=1S/C10H12N2O2/c1-6-4-5-11-9(13)8(6)10(14)12-7-2-3-7/h4-5,7H,2-3H2,1H3,(H,11,13)(H,12,14). The second-order valence-corrected chi connectivity index (χ2v) is 3.61. The molecule has 2 rings (SSSR count). The molecule has 0 spiro atoms. The Labute approximate surface area is 81.3 Å². The molecule has 0 aromatic carbocycles. The molecular formula is C10H12N2O2. The van der Waals surface area contributed by atoms with Crippen LogP contribution in [-0.2, 0) is 0 Å². The molecule has 2 N–H and O–H groups in total. The molecule has 74 valence electrons. The van der Waals surface area contributed by atoms with Crippen LogP contribution in [0.5, 0.6) is 0 Å². The molecule has 1 fully saturated rings. The zero-order chi connectivity index (χ0) is 10.1. The van der Waals surface area contributed by atoms with Crippen molar-refractivity contribution in [3.8, 4) is 0 Å². The Balaban J connectivity index is 2.29. The summed E-state index contributed by atoms with van der Waals surface area (Å²) in [5.74, 6) is -0.258. The maximum absolute atomic E-state index is 11.6. The van der Waals surface area contributed by atoms with Gasteiger partial charge in [0.15, 0.2) is 0 Å². The van der Waals surface area contributed by atoms with Gasteiger partial charge in [-0.15, -0.1) is 0 Å². The molecule has 0 aliphatic heterocycles. The van der Waals surface area contributed by atoms with Crippen LogP contribution in [0, 0.1) is 6.92 Å². The normalized spacial score (nSPS) is 15.2. The molecule has 0 unspecified atom stereocenters. The van der Waals surface area contributed by atoms with Gasteiger partial charge in [0.05, 0.1) is 0 Å². The molecule has 0 saturated heterocycles. The van der Waals surface area contributed by atoms with Gasteiger partial charge < -0.3 is 10.3 Å². The Morgan fingerprint density at radius 2 is 2.29 bits per heavy atom. The van der Waals surface area contributed by atoms with Crippen molar-refractivity contribution in [2.24, 2.45) is 0 Å². The molecule has 0 radical (unpaired) electrons. The highest BCUT2D eigenvalue weighted by molar-refractivity contribution is 5.95. The first-order valence-corrected chi connectivity index (χ1v) is 4.67. The van der Waals surface area contributed by atoms with E-state index in [9.17, 15) is 9.59 Å². The van der Waals surface area contributed by atoms with E-state index < -0.39 is 0 Å². The van der Waals surface area contributed by atoms with Gasteiger partial charge in [0, 0.05) is 12.2 Å². The number of amides is 1. The quantitative estimate of drug-likeness (QED) is 0.719. The monoisotopic (exact) mass is 192 g/mol. The number of H-pyrrole nitrogens is 1. The molecule has 1 aliphatic rings. The fourth-order valence-electron chi connectivity index (χ4n) is 1.34. The number of aromatic nitrogens is 1. The molecule has 4 nitrogen and oxygen atoms in total. The fraction of sp³-hybridized carbons (Fsp3) is 0.400. The molecule has 4 heteroatoms. The third-order valence-corrected chi connectivity index (χ3v) is 2.31. The number of aromatic amines is 1. The molecule has 1 aliphatic carbocycles. The number of rotatable bonds is 2. The third kappa shape index (κ3) is 1.69. The lowest BCUT2D eigenvalue weighted by molar-refractivity contribution is 0.0949. The number of carbonyl (C=O) groups is 1. The lowest BCUT2D eigenvalue weighted by Gasteiger charge is -2.04. The molecular weight excluding hydrogens is 180 g/mol. The van der Waals surface area contributed by atoms with Crippen LogP contribution in [0.2, 0.25) is 0 Å². The summed E-state index contributed by atoms with van der Waals surface area (Å²) in [4.78, 5) is 25.5. The molecule has 0 atom stereocenters. The van der Waals surface area contributed by atoms with E-state index in [2.05, 4.69) is 10.3 Å². The van der Waals surface area contributed by atoms with E-state index in [4.69, 9.17) is 0 Å². The number of pyridine rings is 1. The number of hydrogen-bond acceptors (Lipinski definition) is 2. The van der Waals surface area contributed by atoms with Crippen molar-refractivity contribution in [2.75, 3.05) is 0 Å². The molecule has 1 aromatic rings. The summed E-state index contributed by atoms with van der Waals surface area (Å²) in [6, 6.07) is 2.00. The fourth-order valence-corrected chi connectivity index (χ4v) is 1.34. The van der Waals surface area contributed by atoms with Gasteiger partial charge in [0.25, 0.3) is 11.5 Å². The summed E-state index contributed by atoms with van der Waals surface area (Å²) in [7, 11) is 0. The van der Waals surface area contributed by atoms with Crippen LogP contribution in [0.15, 0.2) is 17.1 Å². The first-order valence-electron chi connectivity index (χ1n) is 4.67. The zero-order valence-electron chi connectivity index (χ0n) is 7.96. The van der Waals surface area contributed by atoms with Gasteiger partial charge in [0.2, 0.25) is 0 Å². The number of nitrogens with one attached hydrogen (secondary N) is 2. The number of aryl methyl sites for hydroxylation is 1. The van der Waals surface area contributed by atoms with Gasteiger partial charge in [0.1, 0.15) is 5.56 Å². The van der Waals surface area contributed by atoms with Crippen molar-refractivity contribution in [1.82, 2.24) is 10.3 Å².